The third-order valence-electron chi connectivity index (χ3n) is 3.28. The van der Waals surface area contributed by atoms with Crippen LogP contribution in [0.15, 0.2) is 36.1 Å². The average Bonchev–Trinajstić information content (AvgIpc) is 2.37. The van der Waals surface area contributed by atoms with Gasteiger partial charge in [-0.1, -0.05) is 12.1 Å². The van der Waals surface area contributed by atoms with Gasteiger partial charge in [0.15, 0.2) is 0 Å². The minimum absolute atomic E-state index is 0.468. The van der Waals surface area contributed by atoms with Gasteiger partial charge in [0.05, 0.1) is 12.9 Å². The molecule has 0 spiro atoms. The van der Waals surface area contributed by atoms with Crippen molar-refractivity contribution < 1.29 is 9.16 Å². The lowest BCUT2D eigenvalue weighted by atomic mass is 9.88. The van der Waals surface area contributed by atoms with Crippen LogP contribution in [0.4, 0.5) is 0 Å². The van der Waals surface area contributed by atoms with E-state index in [4.69, 9.17) is 9.16 Å². The fraction of sp³-hybridized carbons (Fsp3) is 0.500. The van der Waals surface area contributed by atoms with Crippen LogP contribution in [0.5, 0.6) is 5.75 Å². The maximum absolute atomic E-state index is 6.16. The summed E-state index contributed by atoms with van der Waals surface area (Å²) >= 11 is 0. The highest BCUT2D eigenvalue weighted by Gasteiger charge is 2.22. The van der Waals surface area contributed by atoms with E-state index in [0.717, 1.165) is 12.2 Å². The third-order valence-corrected chi connectivity index (χ3v) is 4.16. The molecule has 1 atom stereocenters. The van der Waals surface area contributed by atoms with Gasteiger partial charge >= 0.3 is 0 Å². The smallest absolute Gasteiger partial charge is 0.241 e. The predicted molar refractivity (Wildman–Crippen MR) is 82.1 cm³/mol. The Morgan fingerprint density at radius 3 is 2.68 bits per heavy atom. The van der Waals surface area contributed by atoms with Crippen LogP contribution in [0.3, 0.4) is 0 Å². The van der Waals surface area contributed by atoms with Crippen LogP contribution in [0.1, 0.15) is 30.7 Å². The molecule has 1 aliphatic rings. The molecule has 1 aromatic rings. The summed E-state index contributed by atoms with van der Waals surface area (Å²) in [5, 5.41) is 0. The molecule has 1 aromatic carbocycles. The number of hydrogen-bond acceptors (Lipinski definition) is 2. The van der Waals surface area contributed by atoms with Crippen LogP contribution in [0, 0.1) is 0 Å². The first-order valence-electron chi connectivity index (χ1n) is 7.01. The van der Waals surface area contributed by atoms with Crippen molar-refractivity contribution in [3.63, 3.8) is 0 Å². The number of methoxy groups -OCH3 is 1. The molecule has 0 radical (unpaired) electrons. The van der Waals surface area contributed by atoms with Crippen molar-refractivity contribution in [3.8, 4) is 5.75 Å². The molecule has 1 unspecified atom stereocenters. The number of benzene rings is 1. The van der Waals surface area contributed by atoms with Crippen LogP contribution in [-0.2, 0) is 4.43 Å². The summed E-state index contributed by atoms with van der Waals surface area (Å²) in [6.07, 6.45) is 5.81. The third kappa shape index (κ3) is 4.13. The first-order chi connectivity index (χ1) is 8.98. The highest BCUT2D eigenvalue weighted by molar-refractivity contribution is 6.70. The largest absolute Gasteiger partial charge is 0.548 e. The lowest BCUT2D eigenvalue weighted by Crippen LogP contribution is -2.25. The van der Waals surface area contributed by atoms with E-state index in [1.807, 2.05) is 6.07 Å². The molecular weight excluding hydrogens is 252 g/mol. The van der Waals surface area contributed by atoms with Crippen LogP contribution in [0.25, 0.3) is 0 Å². The Morgan fingerprint density at radius 1 is 1.21 bits per heavy atom. The molecule has 0 N–H and O–H groups in total. The molecule has 0 amide bonds. The molecule has 104 valence electrons. The molecular formula is C16H24O2Si. The molecule has 2 nitrogen and oxygen atoms in total. The molecule has 19 heavy (non-hydrogen) atoms. The van der Waals surface area contributed by atoms with Gasteiger partial charge in [-0.25, -0.2) is 0 Å². The minimum Gasteiger partial charge on any atom is -0.548 e. The molecule has 0 aliphatic heterocycles. The first kappa shape index (κ1) is 14.2. The van der Waals surface area contributed by atoms with Crippen molar-refractivity contribution in [3.05, 3.63) is 41.7 Å². The monoisotopic (exact) mass is 276 g/mol. The first-order valence-corrected chi connectivity index (χ1v) is 10.4. The number of allylic oxidation sites excluding steroid dienone is 2. The van der Waals surface area contributed by atoms with Gasteiger partial charge in [0, 0.05) is 12.3 Å². The van der Waals surface area contributed by atoms with Crippen LogP contribution >= 0.6 is 0 Å². The Bertz CT molecular complexity index is 460. The minimum atomic E-state index is -1.49. The van der Waals surface area contributed by atoms with Crippen molar-refractivity contribution in [1.82, 2.24) is 0 Å². The Morgan fingerprint density at radius 2 is 2.00 bits per heavy atom. The molecule has 0 fully saturated rings. The van der Waals surface area contributed by atoms with E-state index in [1.165, 1.54) is 24.2 Å². The SMILES string of the molecule is COc1cccc(C2C=C(O[Si](C)(C)C)CCC2)c1. The van der Waals surface area contributed by atoms with Crippen molar-refractivity contribution in [1.29, 1.82) is 0 Å². The van der Waals surface area contributed by atoms with Crippen molar-refractivity contribution in [2.24, 2.45) is 0 Å². The van der Waals surface area contributed by atoms with E-state index in [-0.39, 0.29) is 0 Å². The van der Waals surface area contributed by atoms with E-state index in [0.29, 0.717) is 5.92 Å². The second kappa shape index (κ2) is 5.82. The van der Waals surface area contributed by atoms with Gasteiger partial charge < -0.3 is 9.16 Å². The predicted octanol–water partition coefficient (Wildman–Crippen LogP) is 4.70. The topological polar surface area (TPSA) is 18.5 Å². The van der Waals surface area contributed by atoms with Crippen LogP contribution < -0.4 is 4.74 Å². The van der Waals surface area contributed by atoms with E-state index < -0.39 is 8.32 Å². The van der Waals surface area contributed by atoms with Gasteiger partial charge in [0.2, 0.25) is 8.32 Å². The van der Waals surface area contributed by atoms with Gasteiger partial charge in [0.25, 0.3) is 0 Å². The zero-order valence-electron chi connectivity index (χ0n) is 12.4. The molecule has 0 saturated heterocycles. The van der Waals surface area contributed by atoms with Crippen molar-refractivity contribution in [2.75, 3.05) is 7.11 Å². The molecule has 0 saturated carbocycles. The zero-order valence-corrected chi connectivity index (χ0v) is 13.4. The molecule has 0 aromatic heterocycles. The molecule has 3 heteroatoms. The fourth-order valence-corrected chi connectivity index (χ4v) is 3.46. The molecule has 0 bridgehead atoms. The normalized spacial score (nSPS) is 19.8. The Hall–Kier alpha value is -1.22. The highest BCUT2D eigenvalue weighted by atomic mass is 28.4. The molecule has 0 heterocycles. The fourth-order valence-electron chi connectivity index (χ4n) is 2.50. The quantitative estimate of drug-likeness (QED) is 0.742. The number of rotatable bonds is 4. The van der Waals surface area contributed by atoms with Crippen molar-refractivity contribution in [2.45, 2.75) is 44.8 Å². The summed E-state index contributed by atoms with van der Waals surface area (Å²) in [5.41, 5.74) is 1.33. The van der Waals surface area contributed by atoms with Gasteiger partial charge in [0.1, 0.15) is 5.75 Å². The summed E-state index contributed by atoms with van der Waals surface area (Å²) in [6.45, 7) is 6.72. The van der Waals surface area contributed by atoms with Crippen LogP contribution in [0.2, 0.25) is 19.6 Å². The summed E-state index contributed by atoms with van der Waals surface area (Å²) in [7, 11) is 0.232. The van der Waals surface area contributed by atoms with Gasteiger partial charge in [-0.05, 0) is 56.3 Å². The Kier molecular flexibility index (Phi) is 4.35. The number of hydrogen-bond donors (Lipinski definition) is 0. The second-order valence-electron chi connectivity index (χ2n) is 6.12. The standard InChI is InChI=1S/C16H24O2Si/c1-17-15-9-5-7-13(11-15)14-8-6-10-16(12-14)18-19(2,3)4/h5,7,9,11-12,14H,6,8,10H2,1-4H3. The van der Waals surface area contributed by atoms with E-state index >= 15 is 0 Å². The molecule has 1 aliphatic carbocycles. The zero-order chi connectivity index (χ0) is 13.9. The Labute approximate surface area is 117 Å². The Balaban J connectivity index is 2.17. The van der Waals surface area contributed by atoms with Crippen LogP contribution in [-0.4, -0.2) is 15.4 Å². The maximum atomic E-state index is 6.16. The maximum Gasteiger partial charge on any atom is 0.241 e. The summed E-state index contributed by atoms with van der Waals surface area (Å²) in [5.74, 6) is 2.59. The number of ether oxygens (including phenoxy) is 1. The second-order valence-corrected chi connectivity index (χ2v) is 10.6. The summed E-state index contributed by atoms with van der Waals surface area (Å²) in [6, 6.07) is 8.38. The van der Waals surface area contributed by atoms with E-state index in [2.05, 4.69) is 43.9 Å². The molecule has 2 rings (SSSR count). The van der Waals surface area contributed by atoms with Gasteiger partial charge in [-0.2, -0.15) is 0 Å². The van der Waals surface area contributed by atoms with Gasteiger partial charge in [-0.3, -0.25) is 0 Å². The highest BCUT2D eigenvalue weighted by Crippen LogP contribution is 2.33. The lowest BCUT2D eigenvalue weighted by molar-refractivity contribution is 0.372. The van der Waals surface area contributed by atoms with E-state index in [9.17, 15) is 0 Å². The summed E-state index contributed by atoms with van der Waals surface area (Å²) < 4.78 is 11.5. The lowest BCUT2D eigenvalue weighted by Gasteiger charge is -2.27. The summed E-state index contributed by atoms with van der Waals surface area (Å²) in [4.78, 5) is 0. The van der Waals surface area contributed by atoms with Gasteiger partial charge in [-0.15, -0.1) is 0 Å². The van der Waals surface area contributed by atoms with E-state index in [1.54, 1.807) is 7.11 Å². The van der Waals surface area contributed by atoms with Crippen molar-refractivity contribution >= 4 is 8.32 Å². The average molecular weight is 276 g/mol.